The Morgan fingerprint density at radius 3 is 2.82 bits per heavy atom. The second kappa shape index (κ2) is 4.66. The van der Waals surface area contributed by atoms with Crippen molar-refractivity contribution in [2.45, 2.75) is 17.4 Å². The number of rotatable bonds is 3. The second-order valence-corrected chi connectivity index (χ2v) is 6.41. The van der Waals surface area contributed by atoms with Crippen LogP contribution in [0.4, 0.5) is 5.69 Å². The van der Waals surface area contributed by atoms with Gasteiger partial charge in [0.2, 0.25) is 0 Å². The topological polar surface area (TPSA) is 49.4 Å². The summed E-state index contributed by atoms with van der Waals surface area (Å²) in [6.45, 7) is 0.826. The molecule has 0 fully saturated rings. The number of para-hydroxylation sites is 1. The first-order valence-electron chi connectivity index (χ1n) is 5.75. The summed E-state index contributed by atoms with van der Waals surface area (Å²) < 4.78 is 24.3. The Labute approximate surface area is 103 Å². The molecule has 0 aliphatic carbocycles. The lowest BCUT2D eigenvalue weighted by atomic mass is 10.1. The Morgan fingerprint density at radius 2 is 2.12 bits per heavy atom. The minimum absolute atomic E-state index is 0.0577. The summed E-state index contributed by atoms with van der Waals surface area (Å²) in [5.41, 5.74) is 0.819. The average Bonchev–Trinajstić information content (AvgIpc) is 2.32. The van der Waals surface area contributed by atoms with E-state index >= 15 is 0 Å². The Hall–Kier alpha value is -1.07. The van der Waals surface area contributed by atoms with Gasteiger partial charge in [-0.2, -0.15) is 0 Å². The van der Waals surface area contributed by atoms with Crippen molar-refractivity contribution < 1.29 is 8.42 Å². The van der Waals surface area contributed by atoms with Crippen LogP contribution in [0, 0.1) is 0 Å². The molecule has 0 bridgehead atoms. The minimum atomic E-state index is -3.12. The SMILES string of the molecule is CNCCC1CS(=O)(=O)c2ccccc2N1C. The van der Waals surface area contributed by atoms with E-state index in [1.807, 2.05) is 26.2 Å². The molecule has 2 rings (SSSR count). The molecule has 5 heteroatoms. The predicted octanol–water partition coefficient (Wildman–Crippen LogP) is 0.888. The van der Waals surface area contributed by atoms with Gasteiger partial charge in [-0.25, -0.2) is 8.42 Å². The van der Waals surface area contributed by atoms with E-state index in [9.17, 15) is 8.42 Å². The van der Waals surface area contributed by atoms with Crippen molar-refractivity contribution in [3.63, 3.8) is 0 Å². The molecular formula is C12H18N2O2S. The summed E-state index contributed by atoms with van der Waals surface area (Å²) in [6, 6.07) is 7.28. The molecule has 4 nitrogen and oxygen atoms in total. The zero-order chi connectivity index (χ0) is 12.5. The van der Waals surface area contributed by atoms with Crippen LogP contribution in [0.3, 0.4) is 0 Å². The Balaban J connectivity index is 2.37. The van der Waals surface area contributed by atoms with Gasteiger partial charge in [0.1, 0.15) is 0 Å². The van der Waals surface area contributed by atoms with Gasteiger partial charge in [-0.15, -0.1) is 0 Å². The highest BCUT2D eigenvalue weighted by atomic mass is 32.2. The van der Waals surface area contributed by atoms with Gasteiger partial charge in [0.05, 0.1) is 16.3 Å². The number of hydrogen-bond donors (Lipinski definition) is 1. The van der Waals surface area contributed by atoms with Gasteiger partial charge in [0.15, 0.2) is 9.84 Å². The minimum Gasteiger partial charge on any atom is -0.369 e. The first-order valence-corrected chi connectivity index (χ1v) is 7.40. The second-order valence-electron chi connectivity index (χ2n) is 4.41. The standard InChI is InChI=1S/C12H18N2O2S/c1-13-8-7-10-9-17(15,16)12-6-4-3-5-11(12)14(10)2/h3-6,10,13H,7-9H2,1-2H3. The molecule has 1 aliphatic rings. The van der Waals surface area contributed by atoms with Crippen LogP contribution in [0.5, 0.6) is 0 Å². The number of fused-ring (bicyclic) bond motifs is 1. The smallest absolute Gasteiger partial charge is 0.182 e. The highest BCUT2D eigenvalue weighted by Gasteiger charge is 2.32. The highest BCUT2D eigenvalue weighted by molar-refractivity contribution is 7.91. The van der Waals surface area contributed by atoms with E-state index in [0.717, 1.165) is 18.7 Å². The Bertz CT molecular complexity index is 499. The van der Waals surface area contributed by atoms with E-state index in [4.69, 9.17) is 0 Å². The third-order valence-electron chi connectivity index (χ3n) is 3.27. The molecule has 0 spiro atoms. The van der Waals surface area contributed by atoms with E-state index in [0.29, 0.717) is 4.90 Å². The number of nitrogens with zero attached hydrogens (tertiary/aromatic N) is 1. The van der Waals surface area contributed by atoms with Gasteiger partial charge in [0, 0.05) is 13.1 Å². The molecule has 0 saturated heterocycles. The molecule has 17 heavy (non-hydrogen) atoms. The molecule has 0 radical (unpaired) electrons. The van der Waals surface area contributed by atoms with Crippen LogP contribution in [0.15, 0.2) is 29.2 Å². The quantitative estimate of drug-likeness (QED) is 0.870. The molecule has 1 heterocycles. The fourth-order valence-electron chi connectivity index (χ4n) is 2.25. The van der Waals surface area contributed by atoms with Crippen LogP contribution in [-0.2, 0) is 9.84 Å². The van der Waals surface area contributed by atoms with E-state index in [-0.39, 0.29) is 11.8 Å². The van der Waals surface area contributed by atoms with Gasteiger partial charge < -0.3 is 10.2 Å². The highest BCUT2D eigenvalue weighted by Crippen LogP contribution is 2.32. The first-order chi connectivity index (χ1) is 8.06. The Kier molecular flexibility index (Phi) is 3.40. The van der Waals surface area contributed by atoms with Crippen molar-refractivity contribution in [3.05, 3.63) is 24.3 Å². The van der Waals surface area contributed by atoms with E-state index in [1.54, 1.807) is 12.1 Å². The number of nitrogens with one attached hydrogen (secondary N) is 1. The zero-order valence-corrected chi connectivity index (χ0v) is 11.0. The molecule has 0 saturated carbocycles. The van der Waals surface area contributed by atoms with E-state index in [2.05, 4.69) is 10.2 Å². The molecule has 1 aliphatic heterocycles. The summed E-state index contributed by atoms with van der Waals surface area (Å²) in [5, 5.41) is 3.07. The molecule has 0 aromatic heterocycles. The summed E-state index contributed by atoms with van der Waals surface area (Å²) in [6.07, 6.45) is 0.834. The first kappa shape index (κ1) is 12.4. The summed E-state index contributed by atoms with van der Waals surface area (Å²) in [4.78, 5) is 2.54. The molecule has 1 N–H and O–H groups in total. The maximum atomic E-state index is 12.1. The van der Waals surface area contributed by atoms with E-state index in [1.165, 1.54) is 0 Å². The van der Waals surface area contributed by atoms with Crippen molar-refractivity contribution in [3.8, 4) is 0 Å². The van der Waals surface area contributed by atoms with E-state index < -0.39 is 9.84 Å². The molecular weight excluding hydrogens is 236 g/mol. The van der Waals surface area contributed by atoms with Crippen molar-refractivity contribution in [1.29, 1.82) is 0 Å². The fraction of sp³-hybridized carbons (Fsp3) is 0.500. The van der Waals surface area contributed by atoms with Crippen molar-refractivity contribution in [2.24, 2.45) is 0 Å². The van der Waals surface area contributed by atoms with Crippen molar-refractivity contribution >= 4 is 15.5 Å². The lowest BCUT2D eigenvalue weighted by Gasteiger charge is -2.35. The summed E-state index contributed by atoms with van der Waals surface area (Å²) in [5.74, 6) is 0.211. The summed E-state index contributed by atoms with van der Waals surface area (Å²) >= 11 is 0. The lowest BCUT2D eigenvalue weighted by Crippen LogP contribution is -2.43. The zero-order valence-electron chi connectivity index (χ0n) is 10.2. The number of benzene rings is 1. The normalized spacial score (nSPS) is 22.2. The third-order valence-corrected chi connectivity index (χ3v) is 5.11. The molecule has 0 amide bonds. The molecule has 1 aromatic carbocycles. The van der Waals surface area contributed by atoms with Crippen LogP contribution >= 0.6 is 0 Å². The maximum absolute atomic E-state index is 12.1. The van der Waals surface area contributed by atoms with Gasteiger partial charge >= 0.3 is 0 Å². The van der Waals surface area contributed by atoms with Gasteiger partial charge in [-0.1, -0.05) is 12.1 Å². The van der Waals surface area contributed by atoms with Crippen LogP contribution in [-0.4, -0.2) is 40.9 Å². The van der Waals surface area contributed by atoms with Gasteiger partial charge in [-0.05, 0) is 32.1 Å². The molecule has 1 atom stereocenters. The van der Waals surface area contributed by atoms with Crippen molar-refractivity contribution in [2.75, 3.05) is 31.3 Å². The van der Waals surface area contributed by atoms with Gasteiger partial charge in [0.25, 0.3) is 0 Å². The summed E-state index contributed by atoms with van der Waals surface area (Å²) in [7, 11) is 0.722. The Morgan fingerprint density at radius 1 is 1.41 bits per heavy atom. The molecule has 1 aromatic rings. The molecule has 1 unspecified atom stereocenters. The molecule has 94 valence electrons. The van der Waals surface area contributed by atoms with Crippen LogP contribution in [0.2, 0.25) is 0 Å². The van der Waals surface area contributed by atoms with Crippen LogP contribution in [0.1, 0.15) is 6.42 Å². The van der Waals surface area contributed by atoms with Gasteiger partial charge in [-0.3, -0.25) is 0 Å². The van der Waals surface area contributed by atoms with Crippen LogP contribution in [0.25, 0.3) is 0 Å². The average molecular weight is 254 g/mol. The number of hydrogen-bond acceptors (Lipinski definition) is 4. The maximum Gasteiger partial charge on any atom is 0.182 e. The monoisotopic (exact) mass is 254 g/mol. The van der Waals surface area contributed by atoms with Crippen LogP contribution < -0.4 is 10.2 Å². The lowest BCUT2D eigenvalue weighted by molar-refractivity contribution is 0.550. The largest absolute Gasteiger partial charge is 0.369 e. The predicted molar refractivity (Wildman–Crippen MR) is 69.2 cm³/mol. The van der Waals surface area contributed by atoms with Crippen molar-refractivity contribution in [1.82, 2.24) is 5.32 Å². The fourth-order valence-corrected chi connectivity index (χ4v) is 4.14. The number of sulfone groups is 1. The number of anilines is 1. The third kappa shape index (κ3) is 2.30.